The fourth-order valence-electron chi connectivity index (χ4n) is 1.15. The molecule has 1 nitrogen and oxygen atoms in total. The van der Waals surface area contributed by atoms with Crippen LogP contribution in [-0.4, -0.2) is 11.7 Å². The minimum atomic E-state index is 0.261. The van der Waals surface area contributed by atoms with E-state index < -0.39 is 0 Å². The Hall–Kier alpha value is -0.340. The van der Waals surface area contributed by atoms with Crippen molar-refractivity contribution in [3.63, 3.8) is 0 Å². The Morgan fingerprint density at radius 1 is 1.33 bits per heavy atom. The second kappa shape index (κ2) is 4.63. The maximum Gasteiger partial charge on any atom is 0.0436 e. The van der Waals surface area contributed by atoms with E-state index in [0.29, 0.717) is 5.92 Å². The van der Waals surface area contributed by atoms with Gasteiger partial charge in [-0.25, -0.2) is 0 Å². The van der Waals surface area contributed by atoms with E-state index in [1.54, 1.807) is 0 Å². The summed E-state index contributed by atoms with van der Waals surface area (Å²) in [5.41, 5.74) is 1.28. The second-order valence-electron chi connectivity index (χ2n) is 2.96. The van der Waals surface area contributed by atoms with Gasteiger partial charge in [0.25, 0.3) is 0 Å². The molecule has 0 aliphatic carbocycles. The van der Waals surface area contributed by atoms with Crippen LogP contribution in [0.15, 0.2) is 28.7 Å². The molecular weight excluding hydrogens is 216 g/mol. The summed E-state index contributed by atoms with van der Waals surface area (Å²) in [6, 6.07) is 8.24. The van der Waals surface area contributed by atoms with Crippen molar-refractivity contribution in [2.75, 3.05) is 6.61 Å². The third-order valence-electron chi connectivity index (χ3n) is 2.00. The lowest BCUT2D eigenvalue weighted by atomic mass is 9.99. The van der Waals surface area contributed by atoms with Gasteiger partial charge in [0.05, 0.1) is 0 Å². The number of halogens is 1. The molecule has 0 fully saturated rings. The molecule has 0 aliphatic heterocycles. The molecule has 1 N–H and O–H groups in total. The van der Waals surface area contributed by atoms with E-state index in [1.165, 1.54) is 5.56 Å². The van der Waals surface area contributed by atoms with Crippen molar-refractivity contribution in [3.8, 4) is 0 Å². The standard InChI is InChI=1S/C10H13BrO/c1-8(6-7-12)9-2-4-10(11)5-3-9/h2-5,8,12H,6-7H2,1H3/t8-/m1/s1. The average Bonchev–Trinajstić information content (AvgIpc) is 2.06. The van der Waals surface area contributed by atoms with Crippen LogP contribution in [0.1, 0.15) is 24.8 Å². The second-order valence-corrected chi connectivity index (χ2v) is 3.88. The van der Waals surface area contributed by atoms with Crippen LogP contribution in [0.2, 0.25) is 0 Å². The smallest absolute Gasteiger partial charge is 0.0436 e. The van der Waals surface area contributed by atoms with Crippen molar-refractivity contribution >= 4 is 15.9 Å². The van der Waals surface area contributed by atoms with Crippen molar-refractivity contribution in [3.05, 3.63) is 34.3 Å². The highest BCUT2D eigenvalue weighted by atomic mass is 79.9. The van der Waals surface area contributed by atoms with Gasteiger partial charge < -0.3 is 5.11 Å². The Labute approximate surface area is 81.6 Å². The third kappa shape index (κ3) is 2.61. The van der Waals surface area contributed by atoms with Crippen molar-refractivity contribution in [1.29, 1.82) is 0 Å². The van der Waals surface area contributed by atoms with Crippen LogP contribution in [0.25, 0.3) is 0 Å². The summed E-state index contributed by atoms with van der Waals surface area (Å²) in [6.07, 6.45) is 0.835. The highest BCUT2D eigenvalue weighted by Gasteiger charge is 2.03. The molecule has 0 bridgehead atoms. The predicted molar refractivity (Wildman–Crippen MR) is 54.3 cm³/mol. The molecule has 1 atom stereocenters. The maximum atomic E-state index is 8.74. The van der Waals surface area contributed by atoms with Crippen LogP contribution >= 0.6 is 15.9 Å². The first-order chi connectivity index (χ1) is 5.74. The van der Waals surface area contributed by atoms with Gasteiger partial charge in [0.1, 0.15) is 0 Å². The first-order valence-electron chi connectivity index (χ1n) is 4.10. The van der Waals surface area contributed by atoms with Gasteiger partial charge in [-0.2, -0.15) is 0 Å². The summed E-state index contributed by atoms with van der Waals surface area (Å²) in [4.78, 5) is 0. The lowest BCUT2D eigenvalue weighted by Gasteiger charge is -2.09. The van der Waals surface area contributed by atoms with Crippen LogP contribution in [0.4, 0.5) is 0 Å². The summed E-state index contributed by atoms with van der Waals surface area (Å²) in [6.45, 7) is 2.39. The zero-order valence-electron chi connectivity index (χ0n) is 7.13. The van der Waals surface area contributed by atoms with E-state index in [-0.39, 0.29) is 6.61 Å². The van der Waals surface area contributed by atoms with Crippen LogP contribution in [0, 0.1) is 0 Å². The normalized spacial score (nSPS) is 12.9. The molecule has 0 spiro atoms. The van der Waals surface area contributed by atoms with Gasteiger partial charge >= 0.3 is 0 Å². The first kappa shape index (κ1) is 9.75. The number of hydrogen-bond donors (Lipinski definition) is 1. The van der Waals surface area contributed by atoms with E-state index in [4.69, 9.17) is 5.11 Å². The van der Waals surface area contributed by atoms with Crippen molar-refractivity contribution in [2.45, 2.75) is 19.3 Å². The fourth-order valence-corrected chi connectivity index (χ4v) is 1.42. The molecule has 12 heavy (non-hydrogen) atoms. The van der Waals surface area contributed by atoms with Crippen molar-refractivity contribution in [1.82, 2.24) is 0 Å². The van der Waals surface area contributed by atoms with Gasteiger partial charge in [-0.15, -0.1) is 0 Å². The summed E-state index contributed by atoms with van der Waals surface area (Å²) < 4.78 is 1.10. The molecule has 0 aliphatic rings. The van der Waals surface area contributed by atoms with Gasteiger partial charge in [0.2, 0.25) is 0 Å². The lowest BCUT2D eigenvalue weighted by molar-refractivity contribution is 0.278. The highest BCUT2D eigenvalue weighted by molar-refractivity contribution is 9.10. The molecule has 0 saturated carbocycles. The van der Waals surface area contributed by atoms with E-state index in [2.05, 4.69) is 35.0 Å². The summed E-state index contributed by atoms with van der Waals surface area (Å²) >= 11 is 3.38. The zero-order valence-corrected chi connectivity index (χ0v) is 8.71. The molecule has 0 saturated heterocycles. The zero-order chi connectivity index (χ0) is 8.97. The Kier molecular flexibility index (Phi) is 3.76. The molecule has 66 valence electrons. The largest absolute Gasteiger partial charge is 0.396 e. The molecule has 1 aromatic carbocycles. The van der Waals surface area contributed by atoms with Crippen LogP contribution in [-0.2, 0) is 0 Å². The first-order valence-corrected chi connectivity index (χ1v) is 4.89. The van der Waals surface area contributed by atoms with E-state index >= 15 is 0 Å². The quantitative estimate of drug-likeness (QED) is 0.844. The molecule has 1 aromatic rings. The summed E-state index contributed by atoms with van der Waals surface area (Å²) in [5, 5.41) is 8.74. The van der Waals surface area contributed by atoms with Gasteiger partial charge in [-0.05, 0) is 30.0 Å². The molecular formula is C10H13BrO. The maximum absolute atomic E-state index is 8.74. The highest BCUT2D eigenvalue weighted by Crippen LogP contribution is 2.20. The molecule has 2 heteroatoms. The van der Waals surface area contributed by atoms with E-state index in [0.717, 1.165) is 10.9 Å². The molecule has 0 unspecified atom stereocenters. The topological polar surface area (TPSA) is 20.2 Å². The average molecular weight is 229 g/mol. The van der Waals surface area contributed by atoms with Gasteiger partial charge in [-0.1, -0.05) is 35.0 Å². The molecule has 0 aromatic heterocycles. The van der Waals surface area contributed by atoms with Crippen molar-refractivity contribution < 1.29 is 5.11 Å². The van der Waals surface area contributed by atoms with Crippen LogP contribution in [0.5, 0.6) is 0 Å². The van der Waals surface area contributed by atoms with E-state index in [9.17, 15) is 0 Å². The fraction of sp³-hybridized carbons (Fsp3) is 0.400. The van der Waals surface area contributed by atoms with Crippen molar-refractivity contribution in [2.24, 2.45) is 0 Å². The van der Waals surface area contributed by atoms with Crippen LogP contribution in [0.3, 0.4) is 0 Å². The monoisotopic (exact) mass is 228 g/mol. The Morgan fingerprint density at radius 3 is 2.42 bits per heavy atom. The summed E-state index contributed by atoms with van der Waals surface area (Å²) in [7, 11) is 0. The summed E-state index contributed by atoms with van der Waals surface area (Å²) in [5.74, 6) is 0.447. The van der Waals surface area contributed by atoms with Gasteiger partial charge in [0, 0.05) is 11.1 Å². The third-order valence-corrected chi connectivity index (χ3v) is 2.53. The number of hydrogen-bond acceptors (Lipinski definition) is 1. The number of benzene rings is 1. The van der Waals surface area contributed by atoms with Gasteiger partial charge in [-0.3, -0.25) is 0 Å². The SMILES string of the molecule is C[C@H](CCO)c1ccc(Br)cc1. The molecule has 0 heterocycles. The number of aliphatic hydroxyl groups is 1. The Bertz CT molecular complexity index is 230. The molecule has 0 amide bonds. The number of rotatable bonds is 3. The van der Waals surface area contributed by atoms with E-state index in [1.807, 2.05) is 12.1 Å². The van der Waals surface area contributed by atoms with Gasteiger partial charge in [0.15, 0.2) is 0 Å². The molecule has 0 radical (unpaired) electrons. The minimum Gasteiger partial charge on any atom is -0.396 e. The van der Waals surface area contributed by atoms with Crippen LogP contribution < -0.4 is 0 Å². The number of aliphatic hydroxyl groups excluding tert-OH is 1. The minimum absolute atomic E-state index is 0.261. The Morgan fingerprint density at radius 2 is 1.92 bits per heavy atom. The lowest BCUT2D eigenvalue weighted by Crippen LogP contribution is -1.95. The predicted octanol–water partition coefficient (Wildman–Crippen LogP) is 2.94. The Balaban J connectivity index is 2.68. The molecule has 1 rings (SSSR count).